The van der Waals surface area contributed by atoms with Crippen LogP contribution in [-0.4, -0.2) is 42.7 Å². The number of hydrogen-bond acceptors (Lipinski definition) is 7. The fraction of sp³-hybridized carbons (Fsp3) is 0.500. The normalized spacial score (nSPS) is 21.0. The van der Waals surface area contributed by atoms with Gasteiger partial charge >= 0.3 is 0 Å². The summed E-state index contributed by atoms with van der Waals surface area (Å²) in [4.78, 5) is 38.1. The number of rotatable bonds is 5. The van der Waals surface area contributed by atoms with Gasteiger partial charge in [0.2, 0.25) is 0 Å². The van der Waals surface area contributed by atoms with Gasteiger partial charge in [0, 0.05) is 22.5 Å². The third-order valence-electron chi connectivity index (χ3n) is 6.92. The Kier molecular flexibility index (Phi) is 7.20. The summed E-state index contributed by atoms with van der Waals surface area (Å²) in [7, 11) is -3.18. The molecule has 12 heteroatoms. The van der Waals surface area contributed by atoms with Crippen LogP contribution in [0.5, 0.6) is 0 Å². The SMILES string of the molecule is CC(C)(C)C1CCc2c(sc(NC(=O)c3ccc(Cl)c([N+](=O)[O-])c3)c2C(=O)NC2CCS(=O)(=O)C2)C1. The second-order valence-corrected chi connectivity index (χ2v) is 14.2. The Balaban J connectivity index is 1.67. The molecule has 2 amide bonds. The standard InChI is InChI=1S/C24H28ClN3O6S2/c1-24(2,3)14-5-6-16-19(11-14)35-23(20(16)22(30)26-15-8-9-36(33,34)12-15)27-21(29)13-4-7-17(25)18(10-13)28(31)32/h4,7,10,14-15H,5-6,8-9,11-12H2,1-3H3,(H,26,30)(H,27,29). The molecule has 1 aromatic carbocycles. The molecule has 2 heterocycles. The number of carbonyl (C=O) groups is 2. The van der Waals surface area contributed by atoms with Crippen molar-refractivity contribution in [2.24, 2.45) is 11.3 Å². The number of sulfone groups is 1. The summed E-state index contributed by atoms with van der Waals surface area (Å²) in [6, 6.07) is 3.29. The summed E-state index contributed by atoms with van der Waals surface area (Å²) in [5, 5.41) is 17.1. The van der Waals surface area contributed by atoms with Gasteiger partial charge in [-0.05, 0) is 54.7 Å². The molecule has 1 aliphatic heterocycles. The highest BCUT2D eigenvalue weighted by molar-refractivity contribution is 7.91. The maximum Gasteiger partial charge on any atom is 0.288 e. The molecule has 0 bridgehead atoms. The number of fused-ring (bicyclic) bond motifs is 1. The summed E-state index contributed by atoms with van der Waals surface area (Å²) in [6.45, 7) is 6.54. The van der Waals surface area contributed by atoms with Crippen LogP contribution in [0.1, 0.15) is 64.8 Å². The number of nitro benzene ring substituents is 1. The third kappa shape index (κ3) is 5.57. The zero-order valence-electron chi connectivity index (χ0n) is 20.2. The highest BCUT2D eigenvalue weighted by Crippen LogP contribution is 2.44. The van der Waals surface area contributed by atoms with Crippen molar-refractivity contribution in [3.05, 3.63) is 54.9 Å². The lowest BCUT2D eigenvalue weighted by atomic mass is 9.72. The van der Waals surface area contributed by atoms with Gasteiger partial charge in [-0.3, -0.25) is 19.7 Å². The number of hydrogen-bond donors (Lipinski definition) is 2. The molecule has 2 aromatic rings. The van der Waals surface area contributed by atoms with Crippen molar-refractivity contribution in [1.82, 2.24) is 5.32 Å². The van der Waals surface area contributed by atoms with Crippen molar-refractivity contribution in [3.8, 4) is 0 Å². The second-order valence-electron chi connectivity index (χ2n) is 10.5. The predicted molar refractivity (Wildman–Crippen MR) is 140 cm³/mol. The molecule has 2 aliphatic rings. The Morgan fingerprint density at radius 1 is 1.19 bits per heavy atom. The van der Waals surface area contributed by atoms with Crippen LogP contribution in [0.2, 0.25) is 5.02 Å². The predicted octanol–water partition coefficient (Wildman–Crippen LogP) is 4.63. The maximum atomic E-state index is 13.4. The van der Waals surface area contributed by atoms with E-state index in [2.05, 4.69) is 31.4 Å². The summed E-state index contributed by atoms with van der Waals surface area (Å²) >= 11 is 7.21. The van der Waals surface area contributed by atoms with E-state index < -0.39 is 32.6 Å². The van der Waals surface area contributed by atoms with Crippen molar-refractivity contribution < 1.29 is 22.9 Å². The molecule has 0 saturated carbocycles. The lowest BCUT2D eigenvalue weighted by Crippen LogP contribution is -2.36. The minimum atomic E-state index is -3.18. The zero-order valence-corrected chi connectivity index (χ0v) is 22.6. The van der Waals surface area contributed by atoms with Gasteiger partial charge in [0.1, 0.15) is 10.0 Å². The molecule has 9 nitrogen and oxygen atoms in total. The molecule has 1 fully saturated rings. The van der Waals surface area contributed by atoms with Crippen LogP contribution in [0.15, 0.2) is 18.2 Å². The van der Waals surface area contributed by atoms with Crippen LogP contribution >= 0.6 is 22.9 Å². The number of thiophene rings is 1. The van der Waals surface area contributed by atoms with Gasteiger partial charge in [0.25, 0.3) is 17.5 Å². The highest BCUT2D eigenvalue weighted by Gasteiger charge is 2.36. The van der Waals surface area contributed by atoms with Crippen LogP contribution in [0, 0.1) is 21.4 Å². The van der Waals surface area contributed by atoms with Gasteiger partial charge in [-0.2, -0.15) is 0 Å². The molecule has 0 radical (unpaired) electrons. The zero-order chi connectivity index (χ0) is 26.4. The first-order valence-corrected chi connectivity index (χ1v) is 14.7. The van der Waals surface area contributed by atoms with E-state index in [1.54, 1.807) is 0 Å². The minimum absolute atomic E-state index is 0.0336. The average molecular weight is 554 g/mol. The number of anilines is 1. The first-order chi connectivity index (χ1) is 16.7. The van der Waals surface area contributed by atoms with Gasteiger partial charge in [-0.25, -0.2) is 8.42 Å². The fourth-order valence-corrected chi connectivity index (χ4v) is 7.97. The first kappa shape index (κ1) is 26.6. The topological polar surface area (TPSA) is 135 Å². The monoisotopic (exact) mass is 553 g/mol. The van der Waals surface area contributed by atoms with E-state index >= 15 is 0 Å². The maximum absolute atomic E-state index is 13.4. The van der Waals surface area contributed by atoms with Crippen molar-refractivity contribution >= 4 is 55.3 Å². The van der Waals surface area contributed by atoms with E-state index in [1.165, 1.54) is 23.5 Å². The van der Waals surface area contributed by atoms with Crippen molar-refractivity contribution in [2.75, 3.05) is 16.8 Å². The van der Waals surface area contributed by atoms with E-state index in [0.717, 1.165) is 29.3 Å². The number of halogens is 1. The van der Waals surface area contributed by atoms with Crippen LogP contribution in [0.25, 0.3) is 0 Å². The minimum Gasteiger partial charge on any atom is -0.348 e. The molecule has 36 heavy (non-hydrogen) atoms. The Bertz CT molecular complexity index is 1350. The largest absolute Gasteiger partial charge is 0.348 e. The Morgan fingerprint density at radius 2 is 1.92 bits per heavy atom. The van der Waals surface area contributed by atoms with Crippen LogP contribution in [0.3, 0.4) is 0 Å². The molecule has 2 N–H and O–H groups in total. The summed E-state index contributed by atoms with van der Waals surface area (Å²) in [5.74, 6) is -0.680. The molecule has 2 atom stereocenters. The quantitative estimate of drug-likeness (QED) is 0.409. The number of amides is 2. The van der Waals surface area contributed by atoms with E-state index in [1.807, 2.05) is 0 Å². The lowest BCUT2D eigenvalue weighted by molar-refractivity contribution is -0.384. The molecule has 2 unspecified atom stereocenters. The van der Waals surface area contributed by atoms with E-state index in [-0.39, 0.29) is 33.2 Å². The van der Waals surface area contributed by atoms with Gasteiger partial charge in [0.05, 0.1) is 22.0 Å². The summed E-state index contributed by atoms with van der Waals surface area (Å²) in [5.41, 5.74) is 0.953. The van der Waals surface area contributed by atoms with E-state index in [0.29, 0.717) is 29.3 Å². The number of nitrogens with one attached hydrogen (secondary N) is 2. The van der Waals surface area contributed by atoms with Crippen LogP contribution in [-0.2, 0) is 22.7 Å². The first-order valence-electron chi connectivity index (χ1n) is 11.7. The van der Waals surface area contributed by atoms with E-state index in [4.69, 9.17) is 11.6 Å². The molecule has 194 valence electrons. The molecule has 0 spiro atoms. The number of nitrogens with zero attached hydrogens (tertiary/aromatic N) is 1. The molecule has 4 rings (SSSR count). The number of benzene rings is 1. The van der Waals surface area contributed by atoms with Crippen LogP contribution < -0.4 is 10.6 Å². The molecular formula is C24H28ClN3O6S2. The Labute approximate surface area is 218 Å². The molecular weight excluding hydrogens is 526 g/mol. The van der Waals surface area contributed by atoms with Gasteiger partial charge in [-0.1, -0.05) is 32.4 Å². The Morgan fingerprint density at radius 3 is 2.53 bits per heavy atom. The molecule has 1 aromatic heterocycles. The van der Waals surface area contributed by atoms with Crippen molar-refractivity contribution in [1.29, 1.82) is 0 Å². The van der Waals surface area contributed by atoms with Crippen LogP contribution in [0.4, 0.5) is 10.7 Å². The summed E-state index contributed by atoms with van der Waals surface area (Å²) < 4.78 is 23.8. The smallest absolute Gasteiger partial charge is 0.288 e. The average Bonchev–Trinajstić information content (AvgIpc) is 3.30. The number of nitro groups is 1. The lowest BCUT2D eigenvalue weighted by Gasteiger charge is -2.33. The number of carbonyl (C=O) groups excluding carboxylic acids is 2. The van der Waals surface area contributed by atoms with E-state index in [9.17, 15) is 28.1 Å². The second kappa shape index (κ2) is 9.75. The van der Waals surface area contributed by atoms with Gasteiger partial charge < -0.3 is 10.6 Å². The molecule has 1 aliphatic carbocycles. The highest BCUT2D eigenvalue weighted by atomic mass is 35.5. The Hall–Kier alpha value is -2.50. The summed E-state index contributed by atoms with van der Waals surface area (Å²) in [6.07, 6.45) is 2.68. The van der Waals surface area contributed by atoms with Crippen molar-refractivity contribution in [2.45, 2.75) is 52.5 Å². The fourth-order valence-electron chi connectivity index (χ4n) is 4.79. The van der Waals surface area contributed by atoms with Gasteiger partial charge in [-0.15, -0.1) is 11.3 Å². The van der Waals surface area contributed by atoms with Crippen molar-refractivity contribution in [3.63, 3.8) is 0 Å². The third-order valence-corrected chi connectivity index (χ3v) is 10.2. The van der Waals surface area contributed by atoms with Gasteiger partial charge in [0.15, 0.2) is 9.84 Å². The molecule has 1 saturated heterocycles.